The Kier molecular flexibility index (Phi) is 8.22. The maximum absolute atomic E-state index is 11.5. The van der Waals surface area contributed by atoms with E-state index in [9.17, 15) is 4.79 Å². The lowest BCUT2D eigenvalue weighted by Gasteiger charge is -2.38. The summed E-state index contributed by atoms with van der Waals surface area (Å²) >= 11 is 0. The standard InChI is InChI=1S/C31H42O/c1-3-4-5-6-24-7-9-26(10-8-24)28-15-17-30(18-16-28)31-21-19-29(20-22-31)27-13-11-25(12-14-27)23(2)32/h11-14,19-22,24,26,28,30H,3-10,15-18H2,1-2H3/t24-,26-,28?,30?. The number of rotatable bonds is 8. The third kappa shape index (κ3) is 5.91. The average molecular weight is 431 g/mol. The highest BCUT2D eigenvalue weighted by atomic mass is 16.1. The van der Waals surface area contributed by atoms with Crippen LogP contribution in [0.15, 0.2) is 48.5 Å². The predicted molar refractivity (Wildman–Crippen MR) is 136 cm³/mol. The minimum atomic E-state index is 0.127. The molecule has 0 unspecified atom stereocenters. The smallest absolute Gasteiger partial charge is 0.159 e. The lowest BCUT2D eigenvalue weighted by molar-refractivity contribution is 0.101. The second kappa shape index (κ2) is 11.3. The summed E-state index contributed by atoms with van der Waals surface area (Å²) in [4.78, 5) is 11.5. The number of carbonyl (C=O) groups is 1. The third-order valence-corrected chi connectivity index (χ3v) is 8.55. The van der Waals surface area contributed by atoms with Crippen molar-refractivity contribution in [2.45, 2.75) is 96.8 Å². The van der Waals surface area contributed by atoms with Crippen LogP contribution in [0.25, 0.3) is 11.1 Å². The maximum Gasteiger partial charge on any atom is 0.159 e. The van der Waals surface area contributed by atoms with E-state index in [0.29, 0.717) is 0 Å². The Bertz CT molecular complexity index is 831. The molecule has 2 aromatic carbocycles. The van der Waals surface area contributed by atoms with Gasteiger partial charge in [0.1, 0.15) is 0 Å². The number of unbranched alkanes of at least 4 members (excludes halogenated alkanes) is 2. The molecule has 1 nitrogen and oxygen atoms in total. The van der Waals surface area contributed by atoms with E-state index in [-0.39, 0.29) is 5.78 Å². The number of benzene rings is 2. The molecule has 0 aromatic heterocycles. The van der Waals surface area contributed by atoms with Gasteiger partial charge in [0.25, 0.3) is 0 Å². The van der Waals surface area contributed by atoms with Gasteiger partial charge < -0.3 is 0 Å². The van der Waals surface area contributed by atoms with E-state index >= 15 is 0 Å². The second-order valence-electron chi connectivity index (χ2n) is 10.6. The van der Waals surface area contributed by atoms with E-state index in [1.807, 2.05) is 12.1 Å². The van der Waals surface area contributed by atoms with E-state index in [1.54, 1.807) is 6.92 Å². The molecule has 0 radical (unpaired) electrons. The van der Waals surface area contributed by atoms with Crippen LogP contribution in [-0.4, -0.2) is 5.78 Å². The Balaban J connectivity index is 1.25. The maximum atomic E-state index is 11.5. The fraction of sp³-hybridized carbons (Fsp3) is 0.581. The van der Waals surface area contributed by atoms with Gasteiger partial charge in [0.15, 0.2) is 5.78 Å². The van der Waals surface area contributed by atoms with Crippen LogP contribution in [0.3, 0.4) is 0 Å². The van der Waals surface area contributed by atoms with Crippen LogP contribution in [0.1, 0.15) is 113 Å². The molecule has 0 bridgehead atoms. The first-order valence-corrected chi connectivity index (χ1v) is 13.4. The fourth-order valence-electron chi connectivity index (χ4n) is 6.40. The van der Waals surface area contributed by atoms with Gasteiger partial charge in [0.2, 0.25) is 0 Å². The molecule has 0 heterocycles. The van der Waals surface area contributed by atoms with Gasteiger partial charge in [-0.1, -0.05) is 94.0 Å². The number of hydrogen-bond donors (Lipinski definition) is 0. The number of ketones is 1. The lowest BCUT2D eigenvalue weighted by Crippen LogP contribution is -2.25. The highest BCUT2D eigenvalue weighted by molar-refractivity contribution is 5.94. The summed E-state index contributed by atoms with van der Waals surface area (Å²) in [7, 11) is 0. The van der Waals surface area contributed by atoms with Crippen molar-refractivity contribution in [1.29, 1.82) is 0 Å². The summed E-state index contributed by atoms with van der Waals surface area (Å²) < 4.78 is 0. The topological polar surface area (TPSA) is 17.1 Å². The highest BCUT2D eigenvalue weighted by Crippen LogP contribution is 2.44. The number of carbonyl (C=O) groups excluding carboxylic acids is 1. The summed E-state index contributed by atoms with van der Waals surface area (Å²) in [6, 6.07) is 17.2. The van der Waals surface area contributed by atoms with Gasteiger partial charge in [-0.3, -0.25) is 4.79 Å². The van der Waals surface area contributed by atoms with Crippen molar-refractivity contribution in [3.05, 3.63) is 59.7 Å². The Labute approximate surface area is 196 Å². The van der Waals surface area contributed by atoms with Crippen molar-refractivity contribution in [2.24, 2.45) is 17.8 Å². The van der Waals surface area contributed by atoms with E-state index < -0.39 is 0 Å². The summed E-state index contributed by atoms with van der Waals surface area (Å²) in [5.74, 6) is 3.90. The van der Waals surface area contributed by atoms with E-state index in [2.05, 4.69) is 43.3 Å². The number of Topliss-reactive ketones (excluding diaryl/α,β-unsaturated/α-hetero) is 1. The average Bonchev–Trinajstić information content (AvgIpc) is 2.85. The van der Waals surface area contributed by atoms with Crippen molar-refractivity contribution < 1.29 is 4.79 Å². The first kappa shape index (κ1) is 23.3. The van der Waals surface area contributed by atoms with Crippen LogP contribution in [0.4, 0.5) is 0 Å². The molecule has 0 amide bonds. The van der Waals surface area contributed by atoms with Gasteiger partial charge >= 0.3 is 0 Å². The molecular formula is C31H42O. The summed E-state index contributed by atoms with van der Waals surface area (Å²) in [5.41, 5.74) is 4.74. The summed E-state index contributed by atoms with van der Waals surface area (Å²) in [6.07, 6.45) is 17.4. The molecule has 0 aliphatic heterocycles. The third-order valence-electron chi connectivity index (χ3n) is 8.55. The van der Waals surface area contributed by atoms with Crippen molar-refractivity contribution in [1.82, 2.24) is 0 Å². The van der Waals surface area contributed by atoms with E-state index in [4.69, 9.17) is 0 Å². The monoisotopic (exact) mass is 430 g/mol. The lowest BCUT2D eigenvalue weighted by atomic mass is 9.68. The summed E-state index contributed by atoms with van der Waals surface area (Å²) in [5, 5.41) is 0. The van der Waals surface area contributed by atoms with E-state index in [0.717, 1.165) is 29.2 Å². The highest BCUT2D eigenvalue weighted by Gasteiger charge is 2.31. The molecule has 32 heavy (non-hydrogen) atoms. The molecule has 2 aliphatic carbocycles. The predicted octanol–water partition coefficient (Wildman–Crippen LogP) is 9.22. The molecule has 0 spiro atoms. The molecular weight excluding hydrogens is 388 g/mol. The van der Waals surface area contributed by atoms with Crippen molar-refractivity contribution >= 4 is 5.78 Å². The second-order valence-corrected chi connectivity index (χ2v) is 10.6. The number of hydrogen-bond acceptors (Lipinski definition) is 1. The molecule has 2 aliphatic rings. The van der Waals surface area contributed by atoms with Gasteiger partial charge in [-0.15, -0.1) is 0 Å². The first-order valence-electron chi connectivity index (χ1n) is 13.4. The van der Waals surface area contributed by atoms with Gasteiger partial charge in [-0.2, -0.15) is 0 Å². The molecule has 2 fully saturated rings. The van der Waals surface area contributed by atoms with Gasteiger partial charge in [0.05, 0.1) is 0 Å². The zero-order valence-electron chi connectivity index (χ0n) is 20.3. The van der Waals surface area contributed by atoms with Crippen LogP contribution >= 0.6 is 0 Å². The zero-order chi connectivity index (χ0) is 22.3. The largest absolute Gasteiger partial charge is 0.295 e. The van der Waals surface area contributed by atoms with Crippen molar-refractivity contribution in [3.63, 3.8) is 0 Å². The molecule has 2 saturated carbocycles. The van der Waals surface area contributed by atoms with Crippen LogP contribution in [0.5, 0.6) is 0 Å². The van der Waals surface area contributed by atoms with Crippen LogP contribution < -0.4 is 0 Å². The van der Waals surface area contributed by atoms with Crippen molar-refractivity contribution in [3.8, 4) is 11.1 Å². The normalized spacial score (nSPS) is 26.1. The molecule has 2 aromatic rings. The van der Waals surface area contributed by atoms with E-state index in [1.165, 1.54) is 93.7 Å². The minimum absolute atomic E-state index is 0.127. The quantitative estimate of drug-likeness (QED) is 0.301. The molecule has 1 heteroatoms. The Morgan fingerprint density at radius 2 is 1.25 bits per heavy atom. The van der Waals surface area contributed by atoms with Crippen molar-refractivity contribution in [2.75, 3.05) is 0 Å². The van der Waals surface area contributed by atoms with Crippen LogP contribution in [0.2, 0.25) is 0 Å². The van der Waals surface area contributed by atoms with Gasteiger partial charge in [-0.05, 0) is 85.8 Å². The first-order chi connectivity index (χ1) is 15.6. The molecule has 0 saturated heterocycles. The van der Waals surface area contributed by atoms with Crippen LogP contribution in [-0.2, 0) is 0 Å². The SMILES string of the molecule is CCCCC[C@H]1CC[C@H](C2CCC(c3ccc(-c4ccc(C(C)=O)cc4)cc3)CC2)CC1. The minimum Gasteiger partial charge on any atom is -0.295 e. The molecule has 4 rings (SSSR count). The molecule has 0 N–H and O–H groups in total. The van der Waals surface area contributed by atoms with Gasteiger partial charge in [0, 0.05) is 5.56 Å². The summed E-state index contributed by atoms with van der Waals surface area (Å²) in [6.45, 7) is 3.94. The van der Waals surface area contributed by atoms with Gasteiger partial charge in [-0.25, -0.2) is 0 Å². The fourth-order valence-corrected chi connectivity index (χ4v) is 6.40. The Morgan fingerprint density at radius 1 is 0.719 bits per heavy atom. The zero-order valence-corrected chi connectivity index (χ0v) is 20.3. The Hall–Kier alpha value is -1.89. The molecule has 0 atom stereocenters. The van der Waals surface area contributed by atoms with Crippen LogP contribution in [0, 0.1) is 17.8 Å². The Morgan fingerprint density at radius 3 is 1.78 bits per heavy atom. The molecule has 172 valence electrons.